The Morgan fingerprint density at radius 3 is 2.61 bits per heavy atom. The maximum absolute atomic E-state index is 11.3. The molecule has 0 aromatic heterocycles. The monoisotopic (exact) mass is 557 g/mol. The number of hydrogen-bond donors (Lipinski definition) is 3. The number of ether oxygens (including phenoxy) is 1. The second-order valence-corrected chi connectivity index (χ2v) is 13.7. The van der Waals surface area contributed by atoms with Crippen molar-refractivity contribution in [3.05, 3.63) is 83.5 Å². The Kier molecular flexibility index (Phi) is 7.90. The van der Waals surface area contributed by atoms with Gasteiger partial charge < -0.3 is 20.1 Å². The average molecular weight is 558 g/mol. The first kappa shape index (κ1) is 28.6. The molecule has 4 unspecified atom stereocenters. The molecule has 4 fully saturated rings. The van der Waals surface area contributed by atoms with Gasteiger partial charge in [-0.2, -0.15) is 0 Å². The van der Waals surface area contributed by atoms with E-state index in [1.54, 1.807) is 0 Å². The molecule has 1 aromatic carbocycles. The molecule has 1 aromatic rings. The fourth-order valence-electron chi connectivity index (χ4n) is 8.47. The van der Waals surface area contributed by atoms with E-state index in [0.717, 1.165) is 41.9 Å². The number of fused-ring (bicyclic) bond motifs is 1. The summed E-state index contributed by atoms with van der Waals surface area (Å²) < 4.78 is 6.30. The summed E-state index contributed by atoms with van der Waals surface area (Å²) in [5, 5.41) is 31.7. The molecule has 0 saturated heterocycles. The number of aliphatic imine (C=N–C) groups is 1. The Balaban J connectivity index is 1.11. The van der Waals surface area contributed by atoms with Gasteiger partial charge in [0.25, 0.3) is 0 Å². The lowest BCUT2D eigenvalue weighted by Crippen LogP contribution is -2.35. The predicted molar refractivity (Wildman–Crippen MR) is 163 cm³/mol. The van der Waals surface area contributed by atoms with Crippen molar-refractivity contribution < 1.29 is 20.1 Å². The normalized spacial score (nSPS) is 38.1. The van der Waals surface area contributed by atoms with Crippen LogP contribution < -0.4 is 0 Å². The molecule has 5 aliphatic rings. The maximum atomic E-state index is 11.3. The van der Waals surface area contributed by atoms with Crippen molar-refractivity contribution in [3.63, 3.8) is 0 Å². The van der Waals surface area contributed by atoms with Gasteiger partial charge >= 0.3 is 0 Å². The summed E-state index contributed by atoms with van der Waals surface area (Å²) >= 11 is 0. The van der Waals surface area contributed by atoms with Crippen LogP contribution in [0.4, 0.5) is 0 Å². The number of benzene rings is 1. The highest BCUT2D eigenvalue weighted by atomic mass is 16.5. The molecule has 4 aliphatic carbocycles. The van der Waals surface area contributed by atoms with Crippen LogP contribution in [0.25, 0.3) is 0 Å². The number of rotatable bonds is 7. The molecule has 5 heteroatoms. The summed E-state index contributed by atoms with van der Waals surface area (Å²) in [4.78, 5) is 4.75. The van der Waals surface area contributed by atoms with E-state index in [4.69, 9.17) is 9.73 Å². The molecule has 5 nitrogen and oxygen atoms in total. The lowest BCUT2D eigenvalue weighted by atomic mass is 9.61. The van der Waals surface area contributed by atoms with Gasteiger partial charge in [-0.1, -0.05) is 80.6 Å². The highest BCUT2D eigenvalue weighted by molar-refractivity contribution is 5.87. The molecule has 8 atom stereocenters. The fraction of sp³-hybridized carbons (Fsp3) is 0.583. The van der Waals surface area contributed by atoms with Crippen LogP contribution >= 0.6 is 0 Å². The zero-order chi connectivity index (χ0) is 28.8. The standard InChI is InChI=1S/C36H47NO4/c1-23(11-16-33(40)36(18-19-36)34-37-22-32(41-34)26-8-5-4-6-9-26)29-14-15-30-25(10-7-17-35(29,30)3)12-13-27-20-28(38)21-31(39)24(27)2/h4-6,8-9,11-13,16,23,28-33,38-40H,2,7,10,14-15,17-22H2,1,3H3/t23-,28?,29-,30+,31?,32?,33?,35-/m1/s1. The minimum atomic E-state index is -0.647. The van der Waals surface area contributed by atoms with E-state index in [-0.39, 0.29) is 16.9 Å². The van der Waals surface area contributed by atoms with E-state index in [1.807, 2.05) is 24.3 Å². The van der Waals surface area contributed by atoms with Gasteiger partial charge in [-0.05, 0) is 91.2 Å². The Morgan fingerprint density at radius 2 is 1.85 bits per heavy atom. The third-order valence-corrected chi connectivity index (χ3v) is 11.1. The van der Waals surface area contributed by atoms with Crippen molar-refractivity contribution in [1.29, 1.82) is 0 Å². The number of nitrogens with zero attached hydrogens (tertiary/aromatic N) is 1. The molecule has 4 saturated carbocycles. The second kappa shape index (κ2) is 11.3. The Hall–Kier alpha value is -2.47. The van der Waals surface area contributed by atoms with Gasteiger partial charge in [0.2, 0.25) is 0 Å². The molecule has 0 amide bonds. The molecule has 220 valence electrons. The van der Waals surface area contributed by atoms with Gasteiger partial charge in [0.15, 0.2) is 5.90 Å². The van der Waals surface area contributed by atoms with E-state index in [2.05, 4.69) is 50.8 Å². The van der Waals surface area contributed by atoms with Crippen LogP contribution in [0.2, 0.25) is 0 Å². The van der Waals surface area contributed by atoms with Crippen LogP contribution in [-0.4, -0.2) is 46.1 Å². The fourth-order valence-corrected chi connectivity index (χ4v) is 8.47. The first-order valence-corrected chi connectivity index (χ1v) is 15.8. The molecular weight excluding hydrogens is 510 g/mol. The van der Waals surface area contributed by atoms with Crippen LogP contribution in [0.1, 0.15) is 83.3 Å². The predicted octanol–water partition coefficient (Wildman–Crippen LogP) is 6.63. The molecule has 6 rings (SSSR count). The van der Waals surface area contributed by atoms with Crippen LogP contribution in [0, 0.1) is 28.6 Å². The Bertz CT molecular complexity index is 1260. The molecule has 0 spiro atoms. The van der Waals surface area contributed by atoms with Gasteiger partial charge in [-0.15, -0.1) is 0 Å². The van der Waals surface area contributed by atoms with Crippen molar-refractivity contribution in [2.24, 2.45) is 33.6 Å². The molecule has 1 aliphatic heterocycles. The highest BCUT2D eigenvalue weighted by Crippen LogP contribution is 2.60. The summed E-state index contributed by atoms with van der Waals surface area (Å²) in [6.07, 6.45) is 15.6. The van der Waals surface area contributed by atoms with E-state index in [1.165, 1.54) is 31.3 Å². The molecule has 0 bridgehead atoms. The molecule has 3 N–H and O–H groups in total. The van der Waals surface area contributed by atoms with Gasteiger partial charge in [-0.25, -0.2) is 0 Å². The second-order valence-electron chi connectivity index (χ2n) is 13.7. The van der Waals surface area contributed by atoms with E-state index in [0.29, 0.717) is 37.1 Å². The van der Waals surface area contributed by atoms with Crippen molar-refractivity contribution in [2.45, 2.75) is 96.1 Å². The quantitative estimate of drug-likeness (QED) is 0.329. The largest absolute Gasteiger partial charge is 0.470 e. The van der Waals surface area contributed by atoms with Crippen LogP contribution in [0.5, 0.6) is 0 Å². The zero-order valence-corrected chi connectivity index (χ0v) is 24.7. The van der Waals surface area contributed by atoms with Gasteiger partial charge in [0.1, 0.15) is 6.10 Å². The lowest BCUT2D eigenvalue weighted by Gasteiger charge is -2.44. The smallest absolute Gasteiger partial charge is 0.193 e. The number of allylic oxidation sites excluding steroid dienone is 4. The third kappa shape index (κ3) is 5.42. The minimum absolute atomic E-state index is 0.0512. The van der Waals surface area contributed by atoms with E-state index < -0.39 is 18.3 Å². The zero-order valence-electron chi connectivity index (χ0n) is 24.7. The summed E-state index contributed by atoms with van der Waals surface area (Å²) in [6.45, 7) is 9.52. The lowest BCUT2D eigenvalue weighted by molar-refractivity contribution is 0.0862. The molecular formula is C36H47NO4. The average Bonchev–Trinajstić information content (AvgIpc) is 3.47. The summed E-state index contributed by atoms with van der Waals surface area (Å²) in [6, 6.07) is 10.2. The van der Waals surface area contributed by atoms with Gasteiger partial charge in [0, 0.05) is 6.42 Å². The number of aliphatic hydroxyl groups is 3. The van der Waals surface area contributed by atoms with Crippen LogP contribution in [0.15, 0.2) is 82.9 Å². The Morgan fingerprint density at radius 1 is 1.07 bits per heavy atom. The first-order valence-electron chi connectivity index (χ1n) is 15.8. The van der Waals surface area contributed by atoms with Crippen molar-refractivity contribution in [1.82, 2.24) is 0 Å². The minimum Gasteiger partial charge on any atom is -0.470 e. The summed E-state index contributed by atoms with van der Waals surface area (Å²) in [5.74, 6) is 2.23. The van der Waals surface area contributed by atoms with E-state index >= 15 is 0 Å². The Labute approximate surface area is 245 Å². The first-order chi connectivity index (χ1) is 19.7. The van der Waals surface area contributed by atoms with Crippen LogP contribution in [0.3, 0.4) is 0 Å². The molecule has 1 heterocycles. The summed E-state index contributed by atoms with van der Waals surface area (Å²) in [5.41, 5.74) is 4.26. The van der Waals surface area contributed by atoms with Crippen molar-refractivity contribution >= 4 is 5.90 Å². The van der Waals surface area contributed by atoms with Gasteiger partial charge in [0.05, 0.1) is 30.3 Å². The highest BCUT2D eigenvalue weighted by Gasteiger charge is 2.56. The molecule has 41 heavy (non-hydrogen) atoms. The third-order valence-electron chi connectivity index (χ3n) is 11.1. The van der Waals surface area contributed by atoms with Crippen molar-refractivity contribution in [2.75, 3.05) is 6.54 Å². The summed E-state index contributed by atoms with van der Waals surface area (Å²) in [7, 11) is 0. The number of aliphatic hydroxyl groups excluding tert-OH is 3. The molecule has 0 radical (unpaired) electrons. The maximum Gasteiger partial charge on any atom is 0.193 e. The van der Waals surface area contributed by atoms with Gasteiger partial charge in [-0.3, -0.25) is 4.99 Å². The topological polar surface area (TPSA) is 82.3 Å². The van der Waals surface area contributed by atoms with Crippen LogP contribution in [-0.2, 0) is 4.74 Å². The van der Waals surface area contributed by atoms with Crippen molar-refractivity contribution in [3.8, 4) is 0 Å². The SMILES string of the molecule is C=C1C(=CC=C2CCC[C@]3(C)[C@@H]([C@H](C)C=CC(O)C4(C5=NCC(c6ccccc6)O5)CC4)CC[C@@H]23)CC(O)CC1O. The van der Waals surface area contributed by atoms with E-state index in [9.17, 15) is 15.3 Å². The number of hydrogen-bond acceptors (Lipinski definition) is 5.